The fourth-order valence-electron chi connectivity index (χ4n) is 3.46. The molecule has 0 fully saturated rings. The SMILES string of the molecule is CC(=O)[O-].CCCCCCCCCC[N+](C)(C)CCCCCCCCCC.O. The van der Waals surface area contributed by atoms with Crippen molar-refractivity contribution in [2.24, 2.45) is 0 Å². The van der Waals surface area contributed by atoms with Crippen molar-refractivity contribution in [2.75, 3.05) is 27.2 Å². The molecule has 0 bridgehead atoms. The number of unbranched alkanes of at least 4 members (excludes halogenated alkanes) is 14. The summed E-state index contributed by atoms with van der Waals surface area (Å²) in [6.45, 7) is 8.33. The maximum atomic E-state index is 8.89. The lowest BCUT2D eigenvalue weighted by molar-refractivity contribution is -0.890. The Bertz CT molecular complexity index is 280. The van der Waals surface area contributed by atoms with Gasteiger partial charge >= 0.3 is 0 Å². The van der Waals surface area contributed by atoms with E-state index in [2.05, 4.69) is 27.9 Å². The number of quaternary nitrogens is 1. The van der Waals surface area contributed by atoms with Crippen LogP contribution in [-0.2, 0) is 4.79 Å². The molecule has 0 aliphatic carbocycles. The molecular weight excluding hydrogens is 350 g/mol. The molecular formula is C24H53NO3. The largest absolute Gasteiger partial charge is 0.550 e. The zero-order valence-corrected chi connectivity index (χ0v) is 20.0. The maximum absolute atomic E-state index is 8.89. The highest BCUT2D eigenvalue weighted by Crippen LogP contribution is 2.13. The lowest BCUT2D eigenvalue weighted by atomic mass is 10.1. The minimum atomic E-state index is -1.08. The van der Waals surface area contributed by atoms with Gasteiger partial charge in [-0.15, -0.1) is 0 Å². The van der Waals surface area contributed by atoms with Crippen molar-refractivity contribution >= 4 is 5.97 Å². The molecule has 0 aromatic heterocycles. The number of carbonyl (C=O) groups excluding carboxylic acids is 1. The third kappa shape index (κ3) is 33.0. The lowest BCUT2D eigenvalue weighted by Crippen LogP contribution is -2.41. The van der Waals surface area contributed by atoms with Crippen LogP contribution in [0.4, 0.5) is 0 Å². The highest BCUT2D eigenvalue weighted by atomic mass is 16.4. The molecule has 0 aliphatic heterocycles. The van der Waals surface area contributed by atoms with Gasteiger partial charge in [0.1, 0.15) is 0 Å². The Hall–Kier alpha value is -0.610. The molecule has 0 rings (SSSR count). The second-order valence-corrected chi connectivity index (χ2v) is 8.82. The molecule has 0 radical (unpaired) electrons. The van der Waals surface area contributed by atoms with Crippen molar-refractivity contribution in [1.82, 2.24) is 0 Å². The van der Waals surface area contributed by atoms with Gasteiger partial charge in [-0.3, -0.25) is 0 Å². The van der Waals surface area contributed by atoms with Gasteiger partial charge in [0, 0.05) is 5.97 Å². The van der Waals surface area contributed by atoms with E-state index in [1.54, 1.807) is 0 Å². The Labute approximate surface area is 177 Å². The number of carboxylic acids is 1. The second kappa shape index (κ2) is 24.4. The molecule has 0 aliphatic rings. The van der Waals surface area contributed by atoms with Crippen LogP contribution in [0, 0.1) is 0 Å². The van der Waals surface area contributed by atoms with Crippen molar-refractivity contribution in [3.8, 4) is 0 Å². The minimum Gasteiger partial charge on any atom is -0.550 e. The zero-order valence-electron chi connectivity index (χ0n) is 20.0. The number of hydrogen-bond donors (Lipinski definition) is 0. The van der Waals surface area contributed by atoms with E-state index in [9.17, 15) is 0 Å². The highest BCUT2D eigenvalue weighted by Gasteiger charge is 2.13. The Morgan fingerprint density at radius 3 is 1.07 bits per heavy atom. The topological polar surface area (TPSA) is 71.6 Å². The van der Waals surface area contributed by atoms with Crippen LogP contribution in [0.25, 0.3) is 0 Å². The van der Waals surface area contributed by atoms with Gasteiger partial charge in [0.05, 0.1) is 27.2 Å². The molecule has 0 spiro atoms. The molecule has 0 aromatic rings. The van der Waals surface area contributed by atoms with Crippen LogP contribution in [-0.4, -0.2) is 43.1 Å². The molecule has 2 N–H and O–H groups in total. The van der Waals surface area contributed by atoms with Crippen LogP contribution in [0.3, 0.4) is 0 Å². The average molecular weight is 404 g/mol. The van der Waals surface area contributed by atoms with Crippen molar-refractivity contribution in [3.05, 3.63) is 0 Å². The van der Waals surface area contributed by atoms with E-state index in [4.69, 9.17) is 9.90 Å². The number of rotatable bonds is 18. The summed E-state index contributed by atoms with van der Waals surface area (Å²) in [7, 11) is 4.87. The first-order valence-electron chi connectivity index (χ1n) is 11.8. The van der Waals surface area contributed by atoms with Gasteiger partial charge in [0.25, 0.3) is 0 Å². The van der Waals surface area contributed by atoms with Gasteiger partial charge in [-0.05, 0) is 32.6 Å². The summed E-state index contributed by atoms with van der Waals surface area (Å²) in [6, 6.07) is 0. The predicted octanol–water partition coefficient (Wildman–Crippen LogP) is 5.28. The maximum Gasteiger partial charge on any atom is 0.0782 e. The average Bonchev–Trinajstić information content (AvgIpc) is 2.59. The highest BCUT2D eigenvalue weighted by molar-refractivity contribution is 5.60. The molecule has 0 aromatic carbocycles. The Morgan fingerprint density at radius 2 is 0.821 bits per heavy atom. The third-order valence-corrected chi connectivity index (χ3v) is 5.23. The van der Waals surface area contributed by atoms with Crippen LogP contribution in [0.15, 0.2) is 0 Å². The summed E-state index contributed by atoms with van der Waals surface area (Å²) in [5.41, 5.74) is 0. The minimum absolute atomic E-state index is 0. The monoisotopic (exact) mass is 403 g/mol. The summed E-state index contributed by atoms with van der Waals surface area (Å²) in [4.78, 5) is 8.89. The first-order chi connectivity index (χ1) is 12.9. The van der Waals surface area contributed by atoms with E-state index >= 15 is 0 Å². The molecule has 28 heavy (non-hydrogen) atoms. The van der Waals surface area contributed by atoms with Gasteiger partial charge in [-0.25, -0.2) is 0 Å². The smallest absolute Gasteiger partial charge is 0.0782 e. The van der Waals surface area contributed by atoms with Crippen molar-refractivity contribution in [2.45, 2.75) is 124 Å². The van der Waals surface area contributed by atoms with Gasteiger partial charge < -0.3 is 19.9 Å². The van der Waals surface area contributed by atoms with E-state index in [1.807, 2.05) is 0 Å². The Morgan fingerprint density at radius 1 is 0.607 bits per heavy atom. The summed E-state index contributed by atoms with van der Waals surface area (Å²) in [5.74, 6) is -1.08. The molecule has 4 heteroatoms. The molecule has 0 atom stereocenters. The molecule has 0 unspecified atom stereocenters. The summed E-state index contributed by atoms with van der Waals surface area (Å²) in [6.07, 6.45) is 23.0. The molecule has 4 nitrogen and oxygen atoms in total. The van der Waals surface area contributed by atoms with E-state index in [-0.39, 0.29) is 5.48 Å². The summed E-state index contributed by atoms with van der Waals surface area (Å²) in [5, 5.41) is 8.89. The Balaban J connectivity index is -0.00000113. The molecule has 0 saturated carbocycles. The van der Waals surface area contributed by atoms with E-state index < -0.39 is 5.97 Å². The fraction of sp³-hybridized carbons (Fsp3) is 0.958. The second-order valence-electron chi connectivity index (χ2n) is 8.82. The lowest BCUT2D eigenvalue weighted by Gasteiger charge is -2.30. The number of nitrogens with zero attached hydrogens (tertiary/aromatic N) is 1. The van der Waals surface area contributed by atoms with Crippen molar-refractivity contribution < 1.29 is 19.9 Å². The third-order valence-electron chi connectivity index (χ3n) is 5.23. The quantitative estimate of drug-likeness (QED) is 0.231. The van der Waals surface area contributed by atoms with Crippen LogP contribution >= 0.6 is 0 Å². The standard InChI is InChI=1S/C22H48N.C2H4O2.H2O/c1-5-7-9-11-13-15-17-19-21-23(3,4)22-20-18-16-14-12-10-8-6-2;1-2(3)4;/h5-22H2,1-4H3;1H3,(H,3,4);1H2/q+1;;/p-1. The van der Waals surface area contributed by atoms with Gasteiger partial charge in [-0.1, -0.05) is 90.9 Å². The number of carboxylic acid groups (broad SMARTS) is 1. The number of hydrogen-bond acceptors (Lipinski definition) is 2. The zero-order chi connectivity index (χ0) is 20.8. The predicted molar refractivity (Wildman–Crippen MR) is 121 cm³/mol. The van der Waals surface area contributed by atoms with Crippen LogP contribution in [0.5, 0.6) is 0 Å². The van der Waals surface area contributed by atoms with E-state index in [1.165, 1.54) is 120 Å². The normalized spacial score (nSPS) is 10.8. The first-order valence-corrected chi connectivity index (χ1v) is 11.8. The molecule has 172 valence electrons. The van der Waals surface area contributed by atoms with E-state index in [0.717, 1.165) is 6.92 Å². The van der Waals surface area contributed by atoms with Gasteiger partial charge in [-0.2, -0.15) is 0 Å². The Kier molecular flexibility index (Phi) is 28.0. The summed E-state index contributed by atoms with van der Waals surface area (Å²) < 4.78 is 1.24. The molecule has 0 heterocycles. The van der Waals surface area contributed by atoms with Crippen LogP contribution in [0.2, 0.25) is 0 Å². The molecule has 0 amide bonds. The first kappa shape index (κ1) is 32.1. The van der Waals surface area contributed by atoms with E-state index in [0.29, 0.717) is 0 Å². The van der Waals surface area contributed by atoms with Crippen LogP contribution in [0.1, 0.15) is 124 Å². The van der Waals surface area contributed by atoms with Crippen molar-refractivity contribution in [3.63, 3.8) is 0 Å². The van der Waals surface area contributed by atoms with Gasteiger partial charge in [0.2, 0.25) is 0 Å². The molecule has 0 saturated heterocycles. The van der Waals surface area contributed by atoms with Gasteiger partial charge in [0.15, 0.2) is 0 Å². The number of carbonyl (C=O) groups is 1. The van der Waals surface area contributed by atoms with Crippen LogP contribution < -0.4 is 5.11 Å². The summed E-state index contributed by atoms with van der Waals surface area (Å²) >= 11 is 0. The van der Waals surface area contributed by atoms with Crippen molar-refractivity contribution in [1.29, 1.82) is 0 Å². The fourth-order valence-corrected chi connectivity index (χ4v) is 3.46. The number of aliphatic carboxylic acids is 1.